The van der Waals surface area contributed by atoms with Crippen LogP contribution in [0.1, 0.15) is 43.4 Å². The quantitative estimate of drug-likeness (QED) is 0.546. The Morgan fingerprint density at radius 2 is 1.75 bits per heavy atom. The molecule has 0 heterocycles. The van der Waals surface area contributed by atoms with Gasteiger partial charge in [-0.3, -0.25) is 4.79 Å². The molecule has 2 aromatic rings. The summed E-state index contributed by atoms with van der Waals surface area (Å²) in [7, 11) is 0. The van der Waals surface area contributed by atoms with E-state index in [-0.39, 0.29) is 17.2 Å². The van der Waals surface area contributed by atoms with Gasteiger partial charge < -0.3 is 10.6 Å². The van der Waals surface area contributed by atoms with Gasteiger partial charge in [-0.05, 0) is 41.2 Å². The highest BCUT2D eigenvalue weighted by atomic mass is 32.1. The highest BCUT2D eigenvalue weighted by molar-refractivity contribution is 7.81. The molecule has 0 aliphatic rings. The van der Waals surface area contributed by atoms with Crippen molar-refractivity contribution >= 4 is 18.5 Å². The van der Waals surface area contributed by atoms with Gasteiger partial charge >= 0.3 is 0 Å². The lowest BCUT2D eigenvalue weighted by Crippen LogP contribution is -2.45. The molecule has 0 spiro atoms. The minimum Gasteiger partial charge on any atom is -0.352 e. The minimum atomic E-state index is -0.629. The van der Waals surface area contributed by atoms with Crippen molar-refractivity contribution in [2.45, 2.75) is 50.9 Å². The van der Waals surface area contributed by atoms with Crippen LogP contribution in [0.25, 0.3) is 0 Å². The topological polar surface area (TPSA) is 41.1 Å². The van der Waals surface area contributed by atoms with E-state index in [0.717, 1.165) is 6.07 Å². The van der Waals surface area contributed by atoms with Crippen LogP contribution in [0.2, 0.25) is 0 Å². The molecule has 0 saturated heterocycles. The van der Waals surface area contributed by atoms with Crippen molar-refractivity contribution in [2.75, 3.05) is 6.54 Å². The zero-order valence-corrected chi connectivity index (χ0v) is 17.4. The number of amides is 1. The van der Waals surface area contributed by atoms with Crippen LogP contribution in [0, 0.1) is 11.6 Å². The number of carbonyl (C=O) groups is 1. The third-order valence-electron chi connectivity index (χ3n) is 4.53. The van der Waals surface area contributed by atoms with E-state index in [0.29, 0.717) is 31.0 Å². The fourth-order valence-corrected chi connectivity index (χ4v) is 3.40. The van der Waals surface area contributed by atoms with E-state index in [9.17, 15) is 13.6 Å². The second-order valence-corrected chi connectivity index (χ2v) is 8.05. The molecular weight excluding hydrogens is 378 g/mol. The number of carbonyl (C=O) groups excluding carboxylic acids is 1. The molecule has 1 amide bonds. The van der Waals surface area contributed by atoms with Crippen LogP contribution in [0.15, 0.2) is 42.5 Å². The van der Waals surface area contributed by atoms with Gasteiger partial charge in [0.15, 0.2) is 0 Å². The summed E-state index contributed by atoms with van der Waals surface area (Å²) in [5.41, 5.74) is 2.95. The molecule has 0 aliphatic heterocycles. The van der Waals surface area contributed by atoms with Crippen LogP contribution in [-0.2, 0) is 17.8 Å². The number of thiol groups is 1. The van der Waals surface area contributed by atoms with Gasteiger partial charge in [-0.2, -0.15) is 12.6 Å². The Balaban J connectivity index is 1.97. The van der Waals surface area contributed by atoms with E-state index in [1.54, 1.807) is 0 Å². The third-order valence-corrected chi connectivity index (χ3v) is 5.07. The largest absolute Gasteiger partial charge is 0.352 e. The molecule has 28 heavy (non-hydrogen) atoms. The first kappa shape index (κ1) is 22.4. The summed E-state index contributed by atoms with van der Waals surface area (Å²) in [4.78, 5) is 11.6. The molecular formula is C22H28F2N2OS. The van der Waals surface area contributed by atoms with Crippen molar-refractivity contribution in [3.8, 4) is 0 Å². The second kappa shape index (κ2) is 10.6. The van der Waals surface area contributed by atoms with Crippen molar-refractivity contribution in [3.05, 3.63) is 70.8 Å². The zero-order valence-electron chi connectivity index (χ0n) is 16.5. The molecule has 0 saturated carbocycles. The average molecular weight is 407 g/mol. The van der Waals surface area contributed by atoms with Gasteiger partial charge in [-0.1, -0.05) is 38.1 Å². The SMILES string of the molecule is CC(=O)N[C@@H](Cc1cc(F)cc(F)c1)[C@@H](S)CNCc1cccc(C(C)C)c1. The normalized spacial score (nSPS) is 13.4. The van der Waals surface area contributed by atoms with E-state index in [2.05, 4.69) is 55.3 Å². The summed E-state index contributed by atoms with van der Waals surface area (Å²) in [6.45, 7) is 6.95. The predicted molar refractivity (Wildman–Crippen MR) is 113 cm³/mol. The molecule has 0 aliphatic carbocycles. The monoisotopic (exact) mass is 406 g/mol. The van der Waals surface area contributed by atoms with E-state index >= 15 is 0 Å². The molecule has 152 valence electrons. The Labute approximate surface area is 171 Å². The van der Waals surface area contributed by atoms with Gasteiger partial charge in [-0.25, -0.2) is 8.78 Å². The summed E-state index contributed by atoms with van der Waals surface area (Å²) < 4.78 is 26.9. The smallest absolute Gasteiger partial charge is 0.217 e. The molecule has 6 heteroatoms. The fourth-order valence-electron chi connectivity index (χ4n) is 3.10. The molecule has 0 aromatic heterocycles. The molecule has 2 atom stereocenters. The molecule has 3 nitrogen and oxygen atoms in total. The molecule has 0 unspecified atom stereocenters. The summed E-state index contributed by atoms with van der Waals surface area (Å²) in [5, 5.41) is 5.97. The van der Waals surface area contributed by atoms with Crippen molar-refractivity contribution in [2.24, 2.45) is 0 Å². The van der Waals surface area contributed by atoms with Crippen LogP contribution < -0.4 is 10.6 Å². The Bertz CT molecular complexity index is 778. The number of benzene rings is 2. The maximum absolute atomic E-state index is 13.5. The maximum atomic E-state index is 13.5. The van der Waals surface area contributed by atoms with Gasteiger partial charge in [-0.15, -0.1) is 0 Å². The molecule has 2 N–H and O–H groups in total. The highest BCUT2D eigenvalue weighted by Crippen LogP contribution is 2.16. The van der Waals surface area contributed by atoms with Crippen LogP contribution in [0.3, 0.4) is 0 Å². The lowest BCUT2D eigenvalue weighted by Gasteiger charge is -2.25. The second-order valence-electron chi connectivity index (χ2n) is 7.39. The van der Waals surface area contributed by atoms with Crippen molar-refractivity contribution < 1.29 is 13.6 Å². The van der Waals surface area contributed by atoms with Gasteiger partial charge in [0.25, 0.3) is 0 Å². The average Bonchev–Trinajstić information content (AvgIpc) is 2.60. The van der Waals surface area contributed by atoms with E-state index in [1.807, 2.05) is 6.07 Å². The van der Waals surface area contributed by atoms with Crippen molar-refractivity contribution in [3.63, 3.8) is 0 Å². The Morgan fingerprint density at radius 3 is 2.36 bits per heavy atom. The van der Waals surface area contributed by atoms with Gasteiger partial charge in [0.2, 0.25) is 5.91 Å². The summed E-state index contributed by atoms with van der Waals surface area (Å²) >= 11 is 4.62. The van der Waals surface area contributed by atoms with E-state index in [4.69, 9.17) is 0 Å². The summed E-state index contributed by atoms with van der Waals surface area (Å²) in [6.07, 6.45) is 0.299. The van der Waals surface area contributed by atoms with Crippen LogP contribution in [-0.4, -0.2) is 23.7 Å². The molecule has 2 rings (SSSR count). The first-order valence-corrected chi connectivity index (χ1v) is 9.96. The molecule has 0 bridgehead atoms. The lowest BCUT2D eigenvalue weighted by molar-refractivity contribution is -0.119. The van der Waals surface area contributed by atoms with Crippen molar-refractivity contribution in [1.29, 1.82) is 0 Å². The minimum absolute atomic E-state index is 0.203. The lowest BCUT2D eigenvalue weighted by atomic mass is 10.0. The standard InChI is InChI=1S/C22H28F2N2OS/c1-14(2)18-6-4-5-16(7-18)12-25-13-22(28)21(26-15(3)27)10-17-8-19(23)11-20(24)9-17/h4-9,11,14,21-22,25,28H,10,12-13H2,1-3H3,(H,26,27)/t21-,22-/m0/s1. The number of hydrogen-bond donors (Lipinski definition) is 3. The van der Waals surface area contributed by atoms with Crippen LogP contribution in [0.5, 0.6) is 0 Å². The molecule has 0 fully saturated rings. The van der Waals surface area contributed by atoms with E-state index in [1.165, 1.54) is 30.2 Å². The van der Waals surface area contributed by atoms with Gasteiger partial charge in [0.1, 0.15) is 11.6 Å². The number of rotatable bonds is 9. The number of hydrogen-bond acceptors (Lipinski definition) is 3. The Hall–Kier alpha value is -1.92. The zero-order chi connectivity index (χ0) is 20.7. The van der Waals surface area contributed by atoms with E-state index < -0.39 is 11.6 Å². The number of nitrogens with one attached hydrogen (secondary N) is 2. The van der Waals surface area contributed by atoms with Crippen LogP contribution >= 0.6 is 12.6 Å². The Kier molecular flexibility index (Phi) is 8.45. The maximum Gasteiger partial charge on any atom is 0.217 e. The van der Waals surface area contributed by atoms with Gasteiger partial charge in [0, 0.05) is 37.4 Å². The molecule has 2 aromatic carbocycles. The molecule has 0 radical (unpaired) electrons. The van der Waals surface area contributed by atoms with Crippen molar-refractivity contribution in [1.82, 2.24) is 10.6 Å². The summed E-state index contributed by atoms with van der Waals surface area (Å²) in [5.74, 6) is -0.996. The highest BCUT2D eigenvalue weighted by Gasteiger charge is 2.20. The third kappa shape index (κ3) is 7.24. The fraction of sp³-hybridized carbons (Fsp3) is 0.409. The summed E-state index contributed by atoms with van der Waals surface area (Å²) in [6, 6.07) is 11.4. The first-order chi connectivity index (χ1) is 13.2. The Morgan fingerprint density at radius 1 is 1.07 bits per heavy atom. The first-order valence-electron chi connectivity index (χ1n) is 9.44. The van der Waals surface area contributed by atoms with Gasteiger partial charge in [0.05, 0.1) is 0 Å². The van der Waals surface area contributed by atoms with Crippen LogP contribution in [0.4, 0.5) is 8.78 Å². The predicted octanol–water partition coefficient (Wildman–Crippen LogP) is 4.22. The number of halogens is 2.